The third kappa shape index (κ3) is 13.7. The number of rotatable bonds is 10. The van der Waals surface area contributed by atoms with Crippen molar-refractivity contribution in [2.24, 2.45) is 0 Å². The summed E-state index contributed by atoms with van der Waals surface area (Å²) >= 11 is 0. The molecule has 28 heavy (non-hydrogen) atoms. The molecule has 0 saturated carbocycles. The summed E-state index contributed by atoms with van der Waals surface area (Å²) in [6, 6.07) is 0. The first-order valence-electron chi connectivity index (χ1n) is 8.82. The van der Waals surface area contributed by atoms with Gasteiger partial charge >= 0.3 is 19.5 Å². The lowest BCUT2D eigenvalue weighted by atomic mass is 10.2. The molecule has 0 atom stereocenters. The number of nitrogens with zero attached hydrogens (tertiary/aromatic N) is 1. The Morgan fingerprint density at radius 2 is 1.29 bits per heavy atom. The molecule has 0 aromatic rings. The van der Waals surface area contributed by atoms with E-state index in [-0.39, 0.29) is 19.1 Å². The summed E-state index contributed by atoms with van der Waals surface area (Å²) in [7, 11) is -3.90. The highest BCUT2D eigenvalue weighted by molar-refractivity contribution is 7.53. The highest BCUT2D eigenvalue weighted by Gasteiger charge is 2.29. The lowest BCUT2D eigenvalue weighted by Gasteiger charge is -2.23. The molecule has 0 rings (SSSR count). The van der Waals surface area contributed by atoms with Gasteiger partial charge in [0.2, 0.25) is 5.91 Å². The van der Waals surface area contributed by atoms with Crippen molar-refractivity contribution in [3.63, 3.8) is 0 Å². The average molecular weight is 425 g/mol. The molecular formula is C17H32NO9P. The van der Waals surface area contributed by atoms with Crippen LogP contribution in [-0.4, -0.2) is 65.2 Å². The van der Waals surface area contributed by atoms with Crippen molar-refractivity contribution >= 4 is 25.4 Å². The minimum atomic E-state index is -3.90. The Bertz CT molecular complexity index is 556. The maximum absolute atomic E-state index is 12.9. The minimum absolute atomic E-state index is 0.0516. The molecule has 0 spiro atoms. The smallest absolute Gasteiger partial charge is 0.333 e. The Morgan fingerprint density at radius 1 is 0.893 bits per heavy atom. The summed E-state index contributed by atoms with van der Waals surface area (Å²) in [5.74, 6) is -2.08. The number of ether oxygens (including phenoxy) is 2. The van der Waals surface area contributed by atoms with Gasteiger partial charge in [0, 0.05) is 13.5 Å². The summed E-state index contributed by atoms with van der Waals surface area (Å²) in [6.07, 6.45) is -0.182. The monoisotopic (exact) mass is 425 g/mol. The topological polar surface area (TPSA) is 129 Å². The van der Waals surface area contributed by atoms with E-state index in [4.69, 9.17) is 18.5 Å². The van der Waals surface area contributed by atoms with Crippen molar-refractivity contribution in [3.8, 4) is 0 Å². The highest BCUT2D eigenvalue weighted by Crippen LogP contribution is 2.48. The quantitative estimate of drug-likeness (QED) is 0.243. The van der Waals surface area contributed by atoms with Crippen LogP contribution in [0.1, 0.15) is 54.9 Å². The van der Waals surface area contributed by atoms with Crippen molar-refractivity contribution in [2.45, 2.75) is 66.1 Å². The van der Waals surface area contributed by atoms with Gasteiger partial charge in [-0.25, -0.2) is 14.7 Å². The first kappa shape index (κ1) is 26.5. The van der Waals surface area contributed by atoms with Gasteiger partial charge in [-0.3, -0.25) is 23.6 Å². The number of hydrogen-bond donors (Lipinski definition) is 1. The summed E-state index contributed by atoms with van der Waals surface area (Å²) in [5.41, 5.74) is -1.50. The van der Waals surface area contributed by atoms with Gasteiger partial charge < -0.3 is 9.47 Å². The Kier molecular flexibility index (Phi) is 10.3. The van der Waals surface area contributed by atoms with Gasteiger partial charge in [-0.2, -0.15) is 0 Å². The van der Waals surface area contributed by atoms with E-state index in [9.17, 15) is 24.2 Å². The van der Waals surface area contributed by atoms with Crippen LogP contribution in [0.3, 0.4) is 0 Å². The van der Waals surface area contributed by atoms with Crippen LogP contribution in [-0.2, 0) is 37.5 Å². The molecule has 1 N–H and O–H groups in total. The first-order valence-corrected chi connectivity index (χ1v) is 10.5. The Hall–Kier alpha value is -1.48. The lowest BCUT2D eigenvalue weighted by Crippen LogP contribution is -2.28. The molecule has 1 amide bonds. The normalized spacial score (nSPS) is 12.4. The van der Waals surface area contributed by atoms with Gasteiger partial charge in [-0.15, -0.1) is 0 Å². The SMILES string of the molecule is CC(=O)N(O)CCCP(=O)(OCC(=O)OC(C)(C)C)OCC(=O)OC(C)(C)C. The second-order valence-corrected chi connectivity index (χ2v) is 10.2. The van der Waals surface area contributed by atoms with Gasteiger partial charge in [0.25, 0.3) is 0 Å². The van der Waals surface area contributed by atoms with Crippen LogP contribution in [0.5, 0.6) is 0 Å². The Labute approximate surface area is 165 Å². The van der Waals surface area contributed by atoms with E-state index in [1.165, 1.54) is 0 Å². The maximum atomic E-state index is 12.9. The molecule has 0 aliphatic heterocycles. The van der Waals surface area contributed by atoms with Crippen LogP contribution in [0.15, 0.2) is 0 Å². The number of hydrogen-bond acceptors (Lipinski definition) is 9. The lowest BCUT2D eigenvalue weighted by molar-refractivity contribution is -0.162. The molecule has 0 aromatic heterocycles. The van der Waals surface area contributed by atoms with Crippen LogP contribution in [0.2, 0.25) is 0 Å². The summed E-state index contributed by atoms with van der Waals surface area (Å²) in [4.78, 5) is 34.6. The molecule has 11 heteroatoms. The first-order chi connectivity index (χ1) is 12.5. The van der Waals surface area contributed by atoms with Gasteiger partial charge in [-0.1, -0.05) is 0 Å². The van der Waals surface area contributed by atoms with E-state index >= 15 is 0 Å². The predicted octanol–water partition coefficient (Wildman–Crippen LogP) is 2.52. The van der Waals surface area contributed by atoms with Crippen LogP contribution in [0, 0.1) is 0 Å². The third-order valence-corrected chi connectivity index (χ3v) is 4.67. The van der Waals surface area contributed by atoms with Crippen LogP contribution in [0.4, 0.5) is 0 Å². The number of carbonyl (C=O) groups excluding carboxylic acids is 3. The van der Waals surface area contributed by atoms with E-state index in [2.05, 4.69) is 0 Å². The molecular weight excluding hydrogens is 393 g/mol. The van der Waals surface area contributed by atoms with Crippen molar-refractivity contribution in [3.05, 3.63) is 0 Å². The standard InChI is InChI=1S/C17H32NO9P/c1-13(19)18(22)9-8-10-28(23,24-11-14(20)26-16(2,3)4)25-12-15(21)27-17(5,6)7/h22H,8-12H2,1-7H3. The Balaban J connectivity index is 4.89. The van der Waals surface area contributed by atoms with E-state index in [1.54, 1.807) is 41.5 Å². The van der Waals surface area contributed by atoms with Gasteiger partial charge in [0.05, 0.1) is 6.16 Å². The van der Waals surface area contributed by atoms with Gasteiger partial charge in [0.15, 0.2) is 13.2 Å². The largest absolute Gasteiger partial charge is 0.458 e. The molecule has 0 saturated heterocycles. The fourth-order valence-corrected chi connectivity index (χ4v) is 3.25. The molecule has 164 valence electrons. The molecule has 0 radical (unpaired) electrons. The second-order valence-electron chi connectivity index (χ2n) is 8.05. The maximum Gasteiger partial charge on any atom is 0.333 e. The molecule has 0 fully saturated rings. The van der Waals surface area contributed by atoms with Crippen molar-refractivity contribution in [2.75, 3.05) is 25.9 Å². The molecule has 0 heterocycles. The van der Waals surface area contributed by atoms with Crippen molar-refractivity contribution in [1.82, 2.24) is 5.06 Å². The molecule has 0 aromatic carbocycles. The van der Waals surface area contributed by atoms with Gasteiger partial charge in [-0.05, 0) is 48.0 Å². The summed E-state index contributed by atoms with van der Waals surface area (Å²) < 4.78 is 33.3. The van der Waals surface area contributed by atoms with Crippen LogP contribution >= 0.6 is 7.60 Å². The van der Waals surface area contributed by atoms with E-state index < -0.39 is 49.9 Å². The fourth-order valence-electron chi connectivity index (χ4n) is 1.78. The third-order valence-electron chi connectivity index (χ3n) is 2.76. The predicted molar refractivity (Wildman–Crippen MR) is 99.9 cm³/mol. The second kappa shape index (κ2) is 10.9. The zero-order valence-corrected chi connectivity index (χ0v) is 18.5. The molecule has 0 bridgehead atoms. The number of hydroxylamine groups is 2. The van der Waals surface area contributed by atoms with E-state index in [1.807, 2.05) is 0 Å². The highest BCUT2D eigenvalue weighted by atomic mass is 31.2. The van der Waals surface area contributed by atoms with E-state index in [0.29, 0.717) is 5.06 Å². The van der Waals surface area contributed by atoms with Crippen LogP contribution in [0.25, 0.3) is 0 Å². The van der Waals surface area contributed by atoms with Crippen LogP contribution < -0.4 is 0 Å². The number of amides is 1. The minimum Gasteiger partial charge on any atom is -0.458 e. The zero-order chi connectivity index (χ0) is 22.2. The van der Waals surface area contributed by atoms with Crippen molar-refractivity contribution < 1.29 is 42.7 Å². The molecule has 10 nitrogen and oxygen atoms in total. The number of carbonyl (C=O) groups is 3. The molecule has 0 unspecified atom stereocenters. The van der Waals surface area contributed by atoms with E-state index in [0.717, 1.165) is 6.92 Å². The Morgan fingerprint density at radius 3 is 1.61 bits per heavy atom. The van der Waals surface area contributed by atoms with Crippen molar-refractivity contribution in [1.29, 1.82) is 0 Å². The molecule has 0 aliphatic rings. The zero-order valence-electron chi connectivity index (χ0n) is 17.6. The van der Waals surface area contributed by atoms with Gasteiger partial charge in [0.1, 0.15) is 11.2 Å². The summed E-state index contributed by atoms with van der Waals surface area (Å²) in [6.45, 7) is 9.77. The summed E-state index contributed by atoms with van der Waals surface area (Å²) in [5, 5.41) is 9.83. The fraction of sp³-hybridized carbons (Fsp3) is 0.824. The number of esters is 2. The average Bonchev–Trinajstić information content (AvgIpc) is 2.48. The molecule has 0 aliphatic carbocycles.